The molecule has 4 aromatic rings. The number of hydrogen-bond donors (Lipinski definition) is 2. The molecule has 0 spiro atoms. The third-order valence-electron chi connectivity index (χ3n) is 7.68. The smallest absolute Gasteiger partial charge is 0.227 e. The summed E-state index contributed by atoms with van der Waals surface area (Å²) in [7, 11) is 2.16. The summed E-state index contributed by atoms with van der Waals surface area (Å²) >= 11 is 0. The van der Waals surface area contributed by atoms with E-state index >= 15 is 4.39 Å². The van der Waals surface area contributed by atoms with Gasteiger partial charge in [-0.3, -0.25) is 0 Å². The lowest BCUT2D eigenvalue weighted by molar-refractivity contribution is 0.256. The second kappa shape index (κ2) is 9.87. The predicted molar refractivity (Wildman–Crippen MR) is 146 cm³/mol. The molecule has 0 amide bonds. The van der Waals surface area contributed by atoms with Crippen molar-refractivity contribution in [2.24, 2.45) is 0 Å². The van der Waals surface area contributed by atoms with E-state index in [-0.39, 0.29) is 23.4 Å². The number of aromatic nitrogens is 3. The second-order valence-electron chi connectivity index (χ2n) is 10.5. The topological polar surface area (TPSA) is 69.3 Å². The fourth-order valence-electron chi connectivity index (χ4n) is 5.61. The average Bonchev–Trinajstić information content (AvgIpc) is 3.33. The number of rotatable bonds is 5. The van der Waals surface area contributed by atoms with Crippen LogP contribution in [-0.4, -0.2) is 59.2 Å². The van der Waals surface area contributed by atoms with E-state index in [0.29, 0.717) is 30.3 Å². The Hall–Kier alpha value is -3.72. The van der Waals surface area contributed by atoms with Crippen molar-refractivity contribution in [2.75, 3.05) is 43.5 Å². The third kappa shape index (κ3) is 4.55. The molecule has 2 N–H and O–H groups in total. The van der Waals surface area contributed by atoms with Crippen LogP contribution in [0.4, 0.5) is 26.1 Å². The first-order valence-electron chi connectivity index (χ1n) is 13.2. The summed E-state index contributed by atoms with van der Waals surface area (Å²) in [5.41, 5.74) is 4.18. The molecule has 6 rings (SSSR count). The normalized spacial score (nSPS) is 16.6. The summed E-state index contributed by atoms with van der Waals surface area (Å²) in [5.74, 6) is -0.200. The van der Waals surface area contributed by atoms with E-state index in [2.05, 4.69) is 49.4 Å². The lowest BCUT2D eigenvalue weighted by Crippen LogP contribution is -2.38. The Labute approximate surface area is 220 Å². The molecule has 2 aromatic heterocycles. The Kier molecular flexibility index (Phi) is 6.39. The SMILES string of the molecule is CC(C)N1CCOc2c(F)cc(-c3nc(Nc4ccc5[nH]cc(C6CCN(C)CC6)c5c4)ncc3F)cc21. The van der Waals surface area contributed by atoms with Crippen LogP contribution in [0.2, 0.25) is 0 Å². The van der Waals surface area contributed by atoms with E-state index in [4.69, 9.17) is 4.74 Å². The molecule has 0 radical (unpaired) electrons. The molecular formula is C29H32F2N6O. The van der Waals surface area contributed by atoms with Gasteiger partial charge in [-0.1, -0.05) is 0 Å². The molecule has 7 nitrogen and oxygen atoms in total. The van der Waals surface area contributed by atoms with Crippen molar-refractivity contribution < 1.29 is 13.5 Å². The first kappa shape index (κ1) is 24.6. The van der Waals surface area contributed by atoms with Crippen LogP contribution in [0.3, 0.4) is 0 Å². The maximum Gasteiger partial charge on any atom is 0.227 e. The predicted octanol–water partition coefficient (Wildman–Crippen LogP) is 6.06. The van der Waals surface area contributed by atoms with E-state index in [0.717, 1.165) is 48.7 Å². The highest BCUT2D eigenvalue weighted by atomic mass is 19.1. The molecule has 2 aliphatic rings. The first-order valence-corrected chi connectivity index (χ1v) is 13.2. The van der Waals surface area contributed by atoms with Crippen molar-refractivity contribution >= 4 is 28.2 Å². The van der Waals surface area contributed by atoms with Crippen LogP contribution in [0.5, 0.6) is 5.75 Å². The summed E-state index contributed by atoms with van der Waals surface area (Å²) in [6.45, 7) is 7.28. The quantitative estimate of drug-likeness (QED) is 0.335. The summed E-state index contributed by atoms with van der Waals surface area (Å²) in [6.07, 6.45) is 5.49. The van der Waals surface area contributed by atoms with E-state index < -0.39 is 11.6 Å². The van der Waals surface area contributed by atoms with Gasteiger partial charge in [0.2, 0.25) is 5.95 Å². The first-order chi connectivity index (χ1) is 18.4. The van der Waals surface area contributed by atoms with E-state index in [1.54, 1.807) is 6.07 Å². The van der Waals surface area contributed by atoms with Crippen LogP contribution >= 0.6 is 0 Å². The summed E-state index contributed by atoms with van der Waals surface area (Å²) in [4.78, 5) is 16.4. The average molecular weight is 519 g/mol. The number of likely N-dealkylation sites (tertiary alicyclic amines) is 1. The molecule has 0 bridgehead atoms. The van der Waals surface area contributed by atoms with Crippen LogP contribution in [0, 0.1) is 11.6 Å². The number of hydrogen-bond acceptors (Lipinski definition) is 6. The lowest BCUT2D eigenvalue weighted by atomic mass is 9.89. The molecule has 38 heavy (non-hydrogen) atoms. The number of nitrogens with one attached hydrogen (secondary N) is 2. The van der Waals surface area contributed by atoms with Crippen molar-refractivity contribution in [2.45, 2.75) is 38.6 Å². The Morgan fingerprint density at radius 1 is 1.08 bits per heavy atom. The molecule has 1 saturated heterocycles. The number of aromatic amines is 1. The number of anilines is 3. The van der Waals surface area contributed by atoms with Crippen LogP contribution in [-0.2, 0) is 0 Å². The Balaban J connectivity index is 1.31. The molecule has 2 aliphatic heterocycles. The molecule has 0 saturated carbocycles. The van der Waals surface area contributed by atoms with Gasteiger partial charge < -0.3 is 24.8 Å². The molecule has 0 unspecified atom stereocenters. The fraction of sp³-hybridized carbons (Fsp3) is 0.379. The molecule has 1 fully saturated rings. The fourth-order valence-corrected chi connectivity index (χ4v) is 5.61. The summed E-state index contributed by atoms with van der Waals surface area (Å²) in [5, 5.41) is 4.39. The molecule has 2 aromatic carbocycles. The Morgan fingerprint density at radius 3 is 2.68 bits per heavy atom. The number of H-pyrrole nitrogens is 1. The van der Waals surface area contributed by atoms with Gasteiger partial charge in [0, 0.05) is 34.4 Å². The standard InChI is InChI=1S/C29H32F2N6O/c1-17(2)37-10-11-38-28-23(30)12-19(13-26(28)37)27-24(31)16-33-29(35-27)34-20-4-5-25-21(14-20)22(15-32-25)18-6-8-36(3)9-7-18/h4-5,12-18,32H,6-11H2,1-3H3,(H,33,34,35). The van der Waals surface area contributed by atoms with E-state index in [1.165, 1.54) is 11.6 Å². The van der Waals surface area contributed by atoms with E-state index in [1.807, 2.05) is 26.0 Å². The third-order valence-corrected chi connectivity index (χ3v) is 7.68. The Bertz CT molecular complexity index is 1480. The van der Waals surface area contributed by atoms with Gasteiger partial charge in [0.1, 0.15) is 12.3 Å². The number of fused-ring (bicyclic) bond motifs is 2. The molecular weight excluding hydrogens is 486 g/mol. The number of nitrogens with zero attached hydrogens (tertiary/aromatic N) is 4. The number of benzene rings is 2. The highest BCUT2D eigenvalue weighted by Crippen LogP contribution is 2.40. The molecule has 198 valence electrons. The lowest BCUT2D eigenvalue weighted by Gasteiger charge is -2.34. The van der Waals surface area contributed by atoms with Crippen LogP contribution in [0.25, 0.3) is 22.2 Å². The van der Waals surface area contributed by atoms with Crippen molar-refractivity contribution in [3.05, 3.63) is 59.9 Å². The number of ether oxygens (including phenoxy) is 1. The van der Waals surface area contributed by atoms with Crippen molar-refractivity contribution in [3.8, 4) is 17.0 Å². The summed E-state index contributed by atoms with van der Waals surface area (Å²) in [6, 6.07) is 9.22. The van der Waals surface area contributed by atoms with Crippen molar-refractivity contribution in [3.63, 3.8) is 0 Å². The molecule has 9 heteroatoms. The highest BCUT2D eigenvalue weighted by Gasteiger charge is 2.26. The van der Waals surface area contributed by atoms with Gasteiger partial charge in [-0.2, -0.15) is 0 Å². The van der Waals surface area contributed by atoms with Crippen LogP contribution < -0.4 is 15.0 Å². The summed E-state index contributed by atoms with van der Waals surface area (Å²) < 4.78 is 35.5. The van der Waals surface area contributed by atoms with Crippen LogP contribution in [0.15, 0.2) is 42.7 Å². The minimum Gasteiger partial charge on any atom is -0.486 e. The minimum absolute atomic E-state index is 0.0354. The van der Waals surface area contributed by atoms with Crippen molar-refractivity contribution in [1.29, 1.82) is 0 Å². The molecule has 4 heterocycles. The van der Waals surface area contributed by atoms with E-state index in [9.17, 15) is 4.39 Å². The second-order valence-corrected chi connectivity index (χ2v) is 10.5. The zero-order chi connectivity index (χ0) is 26.4. The zero-order valence-corrected chi connectivity index (χ0v) is 21.9. The minimum atomic E-state index is -0.617. The zero-order valence-electron chi connectivity index (χ0n) is 21.9. The highest BCUT2D eigenvalue weighted by molar-refractivity contribution is 5.87. The van der Waals surface area contributed by atoms with Crippen LogP contribution in [0.1, 0.15) is 38.2 Å². The largest absolute Gasteiger partial charge is 0.486 e. The van der Waals surface area contributed by atoms with Gasteiger partial charge in [0.05, 0.1) is 18.4 Å². The van der Waals surface area contributed by atoms with Gasteiger partial charge >= 0.3 is 0 Å². The van der Waals surface area contributed by atoms with Gasteiger partial charge in [0.25, 0.3) is 0 Å². The number of piperidine rings is 1. The monoisotopic (exact) mass is 518 g/mol. The van der Waals surface area contributed by atoms with Gasteiger partial charge in [-0.05, 0) is 88.6 Å². The van der Waals surface area contributed by atoms with Gasteiger partial charge in [-0.15, -0.1) is 0 Å². The number of halogens is 2. The van der Waals surface area contributed by atoms with Gasteiger partial charge in [0.15, 0.2) is 17.4 Å². The molecule has 0 atom stereocenters. The maximum absolute atomic E-state index is 15.0. The van der Waals surface area contributed by atoms with Gasteiger partial charge in [-0.25, -0.2) is 18.7 Å². The maximum atomic E-state index is 15.0. The Morgan fingerprint density at radius 2 is 1.89 bits per heavy atom. The molecule has 0 aliphatic carbocycles. The van der Waals surface area contributed by atoms with Crippen molar-refractivity contribution in [1.82, 2.24) is 19.9 Å².